The molecule has 2 fully saturated rings. The van der Waals surface area contributed by atoms with E-state index in [1.165, 1.54) is 0 Å². The van der Waals surface area contributed by atoms with Crippen LogP contribution >= 0.6 is 0 Å². The van der Waals surface area contributed by atoms with E-state index in [4.69, 9.17) is 4.74 Å². The lowest BCUT2D eigenvalue weighted by Crippen LogP contribution is -2.49. The van der Waals surface area contributed by atoms with Crippen LogP contribution in [0.3, 0.4) is 0 Å². The molecule has 3 rings (SSSR count). The molecule has 1 aromatic carbocycles. The molecule has 0 aromatic heterocycles. The zero-order valence-corrected chi connectivity index (χ0v) is 17.7. The summed E-state index contributed by atoms with van der Waals surface area (Å²) < 4.78 is 5.38. The van der Waals surface area contributed by atoms with Crippen molar-refractivity contribution in [1.82, 2.24) is 25.8 Å². The fraction of sp³-hybridized carbons (Fsp3) is 0.571. The molecule has 30 heavy (non-hydrogen) atoms. The number of nitrogens with zero attached hydrogens (tertiary/aromatic N) is 3. The molecule has 1 aromatic rings. The van der Waals surface area contributed by atoms with E-state index in [1.54, 1.807) is 17.0 Å². The average molecular weight is 417 g/mol. The second-order valence-electron chi connectivity index (χ2n) is 7.35. The summed E-state index contributed by atoms with van der Waals surface area (Å²) in [6.45, 7) is 9.85. The minimum absolute atomic E-state index is 0.113. The highest BCUT2D eigenvalue weighted by Gasteiger charge is 2.22. The predicted octanol–water partition coefficient (Wildman–Crippen LogP) is -0.354. The molecule has 9 nitrogen and oxygen atoms in total. The number of nitrogens with one attached hydrogen (secondary N) is 3. The molecule has 0 unspecified atom stereocenters. The average Bonchev–Trinajstić information content (AvgIpc) is 2.78. The minimum Gasteiger partial charge on any atom is -0.379 e. The van der Waals surface area contributed by atoms with Crippen LogP contribution in [0.2, 0.25) is 0 Å². The normalized spacial score (nSPS) is 18.1. The molecular formula is C21H32N6O3. The third kappa shape index (κ3) is 6.70. The Kier molecular flexibility index (Phi) is 8.46. The highest BCUT2D eigenvalue weighted by molar-refractivity contribution is 5.97. The van der Waals surface area contributed by atoms with Gasteiger partial charge in [0.2, 0.25) is 5.91 Å². The Balaban J connectivity index is 1.49. The number of hydrogen-bond donors (Lipinski definition) is 3. The molecule has 0 aliphatic carbocycles. The molecule has 2 saturated heterocycles. The Morgan fingerprint density at radius 3 is 2.63 bits per heavy atom. The molecule has 2 heterocycles. The van der Waals surface area contributed by atoms with Crippen LogP contribution in [-0.2, 0) is 16.1 Å². The highest BCUT2D eigenvalue weighted by Crippen LogP contribution is 2.10. The molecule has 9 heteroatoms. The van der Waals surface area contributed by atoms with E-state index >= 15 is 0 Å². The van der Waals surface area contributed by atoms with Gasteiger partial charge >= 0.3 is 0 Å². The van der Waals surface area contributed by atoms with Crippen molar-refractivity contribution in [3.05, 3.63) is 35.4 Å². The Morgan fingerprint density at radius 1 is 1.17 bits per heavy atom. The number of guanidine groups is 1. The quantitative estimate of drug-likeness (QED) is 0.415. The largest absolute Gasteiger partial charge is 0.379 e. The molecule has 2 aliphatic rings. The van der Waals surface area contributed by atoms with E-state index in [9.17, 15) is 9.59 Å². The first-order valence-corrected chi connectivity index (χ1v) is 10.6. The molecule has 3 N–H and O–H groups in total. The van der Waals surface area contributed by atoms with Crippen LogP contribution in [0.5, 0.6) is 0 Å². The highest BCUT2D eigenvalue weighted by atomic mass is 16.5. The third-order valence-electron chi connectivity index (χ3n) is 5.11. The summed E-state index contributed by atoms with van der Waals surface area (Å²) >= 11 is 0. The Hall–Kier alpha value is -2.65. The van der Waals surface area contributed by atoms with Gasteiger partial charge in [0.25, 0.3) is 5.91 Å². The maximum Gasteiger partial charge on any atom is 0.254 e. The van der Waals surface area contributed by atoms with Gasteiger partial charge in [-0.1, -0.05) is 12.1 Å². The number of rotatable bonds is 7. The molecule has 2 aliphatic heterocycles. The number of aliphatic imine (C=N–C) groups is 1. The number of ether oxygens (including phenoxy) is 1. The van der Waals surface area contributed by atoms with E-state index in [-0.39, 0.29) is 18.4 Å². The molecule has 164 valence electrons. The number of amides is 2. The second kappa shape index (κ2) is 11.5. The second-order valence-corrected chi connectivity index (χ2v) is 7.35. The molecule has 0 spiro atoms. The van der Waals surface area contributed by atoms with Gasteiger partial charge in [-0.3, -0.25) is 14.5 Å². The molecule has 2 amide bonds. The number of carbonyl (C=O) groups excluding carboxylic acids is 2. The van der Waals surface area contributed by atoms with Crippen molar-refractivity contribution in [3.63, 3.8) is 0 Å². The third-order valence-corrected chi connectivity index (χ3v) is 5.11. The van der Waals surface area contributed by atoms with Crippen molar-refractivity contribution in [3.8, 4) is 0 Å². The summed E-state index contributed by atoms with van der Waals surface area (Å²) in [5.41, 5.74) is 1.61. The number of piperazine rings is 1. The first-order valence-electron chi connectivity index (χ1n) is 10.6. The van der Waals surface area contributed by atoms with Gasteiger partial charge in [0.15, 0.2) is 5.96 Å². The zero-order valence-electron chi connectivity index (χ0n) is 17.7. The van der Waals surface area contributed by atoms with Crippen LogP contribution in [0.1, 0.15) is 22.8 Å². The fourth-order valence-electron chi connectivity index (χ4n) is 3.42. The molecule has 0 atom stereocenters. The topological polar surface area (TPSA) is 98.3 Å². The summed E-state index contributed by atoms with van der Waals surface area (Å²) in [6.07, 6.45) is 0. The lowest BCUT2D eigenvalue weighted by molar-refractivity contribution is -0.123. The first-order chi connectivity index (χ1) is 14.7. The molecule has 0 saturated carbocycles. The molecule has 0 bridgehead atoms. The Morgan fingerprint density at radius 2 is 1.93 bits per heavy atom. The van der Waals surface area contributed by atoms with Gasteiger partial charge < -0.3 is 25.6 Å². The maximum atomic E-state index is 12.5. The lowest BCUT2D eigenvalue weighted by atomic mass is 10.1. The van der Waals surface area contributed by atoms with Gasteiger partial charge in [0.05, 0.1) is 26.3 Å². The van der Waals surface area contributed by atoms with Crippen LogP contribution in [-0.4, -0.2) is 93.1 Å². The van der Waals surface area contributed by atoms with Crippen LogP contribution in [0.15, 0.2) is 29.3 Å². The Bertz CT molecular complexity index is 731. The van der Waals surface area contributed by atoms with E-state index < -0.39 is 0 Å². The van der Waals surface area contributed by atoms with Gasteiger partial charge in [-0.25, -0.2) is 4.99 Å². The van der Waals surface area contributed by atoms with E-state index in [2.05, 4.69) is 25.8 Å². The van der Waals surface area contributed by atoms with Gasteiger partial charge in [-0.2, -0.15) is 0 Å². The Labute approximate surface area is 177 Å². The summed E-state index contributed by atoms with van der Waals surface area (Å²) in [7, 11) is 0. The monoisotopic (exact) mass is 416 g/mol. The van der Waals surface area contributed by atoms with Crippen LogP contribution in [0.25, 0.3) is 0 Å². The van der Waals surface area contributed by atoms with Gasteiger partial charge in [-0.15, -0.1) is 0 Å². The van der Waals surface area contributed by atoms with Gasteiger partial charge in [0, 0.05) is 51.4 Å². The number of hydrogen-bond acceptors (Lipinski definition) is 5. The lowest BCUT2D eigenvalue weighted by Gasteiger charge is -2.26. The van der Waals surface area contributed by atoms with Gasteiger partial charge in [-0.05, 0) is 24.6 Å². The summed E-state index contributed by atoms with van der Waals surface area (Å²) in [4.78, 5) is 32.6. The maximum absolute atomic E-state index is 12.5. The van der Waals surface area contributed by atoms with Crippen LogP contribution in [0.4, 0.5) is 0 Å². The number of morpholine rings is 1. The summed E-state index contributed by atoms with van der Waals surface area (Å²) in [5, 5.41) is 9.37. The molecule has 0 radical (unpaired) electrons. The predicted molar refractivity (Wildman–Crippen MR) is 115 cm³/mol. The number of benzene rings is 1. The van der Waals surface area contributed by atoms with Crippen LogP contribution < -0.4 is 16.0 Å². The smallest absolute Gasteiger partial charge is 0.254 e. The summed E-state index contributed by atoms with van der Waals surface area (Å²) in [5.74, 6) is 0.556. The van der Waals surface area contributed by atoms with Crippen molar-refractivity contribution in [2.24, 2.45) is 4.99 Å². The zero-order chi connectivity index (χ0) is 21.2. The van der Waals surface area contributed by atoms with E-state index in [1.807, 2.05) is 19.1 Å². The van der Waals surface area contributed by atoms with E-state index in [0.717, 1.165) is 57.5 Å². The summed E-state index contributed by atoms with van der Waals surface area (Å²) in [6, 6.07) is 7.44. The van der Waals surface area contributed by atoms with Crippen molar-refractivity contribution in [2.45, 2.75) is 13.5 Å². The fourth-order valence-corrected chi connectivity index (χ4v) is 3.42. The van der Waals surface area contributed by atoms with Crippen molar-refractivity contribution >= 4 is 17.8 Å². The standard InChI is InChI=1S/C21H32N6O3/c1-2-22-21(24-7-9-26-11-13-30-14-12-26)25-15-17-3-5-18(6-4-17)20(29)27-10-8-23-19(28)16-27/h3-6H,2,7-16H2,1H3,(H,23,28)(H2,22,24,25). The number of carbonyl (C=O) groups is 2. The van der Waals surface area contributed by atoms with E-state index in [0.29, 0.717) is 25.2 Å². The molecular weight excluding hydrogens is 384 g/mol. The first kappa shape index (κ1) is 22.0. The SMILES string of the molecule is CCNC(=NCc1ccc(C(=O)N2CCNC(=O)C2)cc1)NCCN1CCOCC1. The van der Waals surface area contributed by atoms with Crippen LogP contribution in [0, 0.1) is 0 Å². The van der Waals surface area contributed by atoms with Crippen molar-refractivity contribution < 1.29 is 14.3 Å². The van der Waals surface area contributed by atoms with Gasteiger partial charge in [0.1, 0.15) is 0 Å². The minimum atomic E-state index is -0.113. The van der Waals surface area contributed by atoms with Crippen molar-refractivity contribution in [2.75, 3.05) is 65.6 Å². The van der Waals surface area contributed by atoms with Crippen molar-refractivity contribution in [1.29, 1.82) is 0 Å².